The van der Waals surface area contributed by atoms with Crippen molar-refractivity contribution in [3.8, 4) is 5.75 Å². The monoisotopic (exact) mass is 399 g/mol. The maximum absolute atomic E-state index is 9.78. The molecule has 0 fully saturated rings. The molecule has 0 amide bonds. The molecular weight excluding hydrogens is 370 g/mol. The zero-order valence-corrected chi connectivity index (χ0v) is 17.5. The maximum atomic E-state index is 9.78. The first-order valence-corrected chi connectivity index (χ1v) is 10.2. The molecule has 0 aliphatic rings. The van der Waals surface area contributed by atoms with Crippen molar-refractivity contribution in [2.45, 2.75) is 6.42 Å². The summed E-state index contributed by atoms with van der Waals surface area (Å²) in [6.07, 6.45) is 2.37. The van der Waals surface area contributed by atoms with E-state index in [0.29, 0.717) is 13.0 Å². The highest BCUT2D eigenvalue weighted by Gasteiger charge is 2.14. The van der Waals surface area contributed by atoms with E-state index < -0.39 is 0 Å². The van der Waals surface area contributed by atoms with Crippen LogP contribution in [-0.4, -0.2) is 36.8 Å². The van der Waals surface area contributed by atoms with Crippen LogP contribution in [0.5, 0.6) is 5.75 Å². The molecule has 3 nitrogen and oxygen atoms in total. The molecule has 154 valence electrons. The molecule has 0 radical (unpaired) electrons. The van der Waals surface area contributed by atoms with Crippen molar-refractivity contribution in [3.05, 3.63) is 114 Å². The number of aliphatic hydroxyl groups is 1. The second kappa shape index (κ2) is 11.0. The molecule has 0 bridgehead atoms. The van der Waals surface area contributed by atoms with Gasteiger partial charge in [-0.2, -0.15) is 0 Å². The van der Waals surface area contributed by atoms with E-state index >= 15 is 0 Å². The molecule has 0 heterocycles. The van der Waals surface area contributed by atoms with Gasteiger partial charge in [0, 0.05) is 13.7 Å². The van der Waals surface area contributed by atoms with E-state index in [1.54, 1.807) is 6.20 Å². The van der Waals surface area contributed by atoms with E-state index in [1.165, 1.54) is 0 Å². The van der Waals surface area contributed by atoms with E-state index in [0.717, 1.165) is 40.1 Å². The van der Waals surface area contributed by atoms with Crippen LogP contribution >= 0.6 is 0 Å². The summed E-state index contributed by atoms with van der Waals surface area (Å²) in [5.74, 6) is 0.840. The van der Waals surface area contributed by atoms with Gasteiger partial charge >= 0.3 is 0 Å². The van der Waals surface area contributed by atoms with Crippen LogP contribution in [0.2, 0.25) is 0 Å². The summed E-state index contributed by atoms with van der Waals surface area (Å²) < 4.78 is 5.87. The number of aliphatic hydroxyl groups excluding tert-OH is 1. The van der Waals surface area contributed by atoms with Gasteiger partial charge in [0.15, 0.2) is 0 Å². The second-order valence-corrected chi connectivity index (χ2v) is 7.10. The number of rotatable bonds is 10. The van der Waals surface area contributed by atoms with Crippen LogP contribution in [0, 0.1) is 0 Å². The highest BCUT2D eigenvalue weighted by atomic mass is 16.5. The van der Waals surface area contributed by atoms with Crippen molar-refractivity contribution in [1.82, 2.24) is 4.90 Å². The van der Waals surface area contributed by atoms with E-state index in [1.807, 2.05) is 60.5 Å². The Hall–Kier alpha value is -3.30. The first-order valence-electron chi connectivity index (χ1n) is 10.2. The number of hydrogen-bond acceptors (Lipinski definition) is 3. The Labute approximate surface area is 179 Å². The fourth-order valence-electron chi connectivity index (χ4n) is 3.40. The van der Waals surface area contributed by atoms with Crippen molar-refractivity contribution in [3.63, 3.8) is 0 Å². The first-order chi connectivity index (χ1) is 14.7. The van der Waals surface area contributed by atoms with Gasteiger partial charge in [-0.05, 0) is 52.6 Å². The average molecular weight is 400 g/mol. The van der Waals surface area contributed by atoms with Gasteiger partial charge in [0.2, 0.25) is 0 Å². The number of nitrogens with zero attached hydrogens (tertiary/aromatic N) is 1. The van der Waals surface area contributed by atoms with Crippen molar-refractivity contribution in [2.24, 2.45) is 0 Å². The van der Waals surface area contributed by atoms with Crippen LogP contribution in [-0.2, 0) is 0 Å². The third-order valence-corrected chi connectivity index (χ3v) is 5.02. The number of likely N-dealkylation sites (N-methyl/N-ethyl adjacent to an activating group) is 1. The first kappa shape index (κ1) is 21.4. The van der Waals surface area contributed by atoms with Gasteiger partial charge in [-0.3, -0.25) is 0 Å². The highest BCUT2D eigenvalue weighted by molar-refractivity contribution is 5.98. The minimum absolute atomic E-state index is 0.0958. The predicted molar refractivity (Wildman–Crippen MR) is 125 cm³/mol. The van der Waals surface area contributed by atoms with Crippen LogP contribution in [0.1, 0.15) is 23.1 Å². The standard InChI is InChI=1S/C27H29NO2/c1-3-28(2)19-21-30-25-16-14-24(15-17-25)27(23-12-8-5-9-13-23)26(18-20-29)22-10-6-4-7-11-22/h3-17,29H,1,18-21H2,2H3/b27-26-. The van der Waals surface area contributed by atoms with Gasteiger partial charge in [0.1, 0.15) is 12.4 Å². The van der Waals surface area contributed by atoms with Gasteiger partial charge in [-0.1, -0.05) is 79.4 Å². The minimum atomic E-state index is 0.0958. The lowest BCUT2D eigenvalue weighted by Gasteiger charge is -2.18. The largest absolute Gasteiger partial charge is 0.492 e. The van der Waals surface area contributed by atoms with E-state index in [4.69, 9.17) is 4.74 Å². The fourth-order valence-corrected chi connectivity index (χ4v) is 3.40. The zero-order chi connectivity index (χ0) is 21.2. The molecule has 3 aromatic carbocycles. The Bertz CT molecular complexity index is 947. The summed E-state index contributed by atoms with van der Waals surface area (Å²) in [6, 6.07) is 28.8. The SMILES string of the molecule is C=CN(C)CCOc1ccc(/C(=C(/CCO)c2ccccc2)c2ccccc2)cc1. The third kappa shape index (κ3) is 5.62. The van der Waals surface area contributed by atoms with E-state index in [9.17, 15) is 5.11 Å². The molecule has 1 N–H and O–H groups in total. The molecule has 3 aromatic rings. The smallest absolute Gasteiger partial charge is 0.119 e. The molecule has 0 aliphatic heterocycles. The van der Waals surface area contributed by atoms with Crippen LogP contribution in [0.3, 0.4) is 0 Å². The third-order valence-electron chi connectivity index (χ3n) is 5.02. The number of benzene rings is 3. The molecule has 0 saturated heterocycles. The molecular formula is C27H29NO2. The van der Waals surface area contributed by atoms with Gasteiger partial charge in [0.05, 0.1) is 6.54 Å². The van der Waals surface area contributed by atoms with Gasteiger partial charge in [-0.15, -0.1) is 0 Å². The van der Waals surface area contributed by atoms with Gasteiger partial charge in [0.25, 0.3) is 0 Å². The molecule has 3 rings (SSSR count). The Morgan fingerprint density at radius 1 is 0.867 bits per heavy atom. The van der Waals surface area contributed by atoms with Crippen LogP contribution < -0.4 is 4.74 Å². The zero-order valence-electron chi connectivity index (χ0n) is 17.5. The molecule has 0 spiro atoms. The molecule has 0 atom stereocenters. The second-order valence-electron chi connectivity index (χ2n) is 7.10. The van der Waals surface area contributed by atoms with Crippen molar-refractivity contribution < 1.29 is 9.84 Å². The van der Waals surface area contributed by atoms with E-state index in [2.05, 4.69) is 43.0 Å². The summed E-state index contributed by atoms with van der Waals surface area (Å²) in [5, 5.41) is 9.78. The molecule has 0 aromatic heterocycles. The molecule has 0 unspecified atom stereocenters. The Kier molecular flexibility index (Phi) is 7.87. The van der Waals surface area contributed by atoms with E-state index in [-0.39, 0.29) is 6.61 Å². The van der Waals surface area contributed by atoms with Crippen molar-refractivity contribution in [2.75, 3.05) is 26.8 Å². The normalized spacial score (nSPS) is 11.5. The Morgan fingerprint density at radius 2 is 1.43 bits per heavy atom. The molecule has 30 heavy (non-hydrogen) atoms. The summed E-state index contributed by atoms with van der Waals surface area (Å²) in [5.41, 5.74) is 5.62. The molecule has 3 heteroatoms. The highest BCUT2D eigenvalue weighted by Crippen LogP contribution is 2.34. The lowest BCUT2D eigenvalue weighted by molar-refractivity contribution is 0.274. The minimum Gasteiger partial charge on any atom is -0.492 e. The number of ether oxygens (including phenoxy) is 1. The quantitative estimate of drug-likeness (QED) is 0.458. The summed E-state index contributed by atoms with van der Waals surface area (Å²) >= 11 is 0. The van der Waals surface area contributed by atoms with Gasteiger partial charge in [-0.25, -0.2) is 0 Å². The Morgan fingerprint density at radius 3 is 2.00 bits per heavy atom. The van der Waals surface area contributed by atoms with Crippen LogP contribution in [0.4, 0.5) is 0 Å². The topological polar surface area (TPSA) is 32.7 Å². The lowest BCUT2D eigenvalue weighted by atomic mass is 9.88. The molecule has 0 saturated carbocycles. The summed E-state index contributed by atoms with van der Waals surface area (Å²) in [4.78, 5) is 1.99. The predicted octanol–water partition coefficient (Wildman–Crippen LogP) is 5.48. The van der Waals surface area contributed by atoms with Crippen LogP contribution in [0.15, 0.2) is 97.7 Å². The van der Waals surface area contributed by atoms with Crippen molar-refractivity contribution >= 4 is 11.1 Å². The van der Waals surface area contributed by atoms with Gasteiger partial charge < -0.3 is 14.7 Å². The summed E-state index contributed by atoms with van der Waals surface area (Å²) in [6.45, 7) is 5.23. The van der Waals surface area contributed by atoms with Crippen molar-refractivity contribution in [1.29, 1.82) is 0 Å². The summed E-state index contributed by atoms with van der Waals surface area (Å²) in [7, 11) is 1.97. The average Bonchev–Trinajstić information content (AvgIpc) is 2.81. The number of hydrogen-bond donors (Lipinski definition) is 1. The maximum Gasteiger partial charge on any atom is 0.119 e. The fraction of sp³-hybridized carbons (Fsp3) is 0.185. The lowest BCUT2D eigenvalue weighted by Crippen LogP contribution is -2.18. The molecule has 0 aliphatic carbocycles. The Balaban J connectivity index is 1.98. The van der Waals surface area contributed by atoms with Crippen LogP contribution in [0.25, 0.3) is 11.1 Å².